The van der Waals surface area contributed by atoms with Gasteiger partial charge >= 0.3 is 0 Å². The van der Waals surface area contributed by atoms with Gasteiger partial charge in [-0.15, -0.1) is 0 Å². The second-order valence-corrected chi connectivity index (χ2v) is 8.93. The molecule has 0 aliphatic carbocycles. The van der Waals surface area contributed by atoms with Crippen molar-refractivity contribution in [3.63, 3.8) is 0 Å². The molecule has 0 saturated heterocycles. The Hall–Kier alpha value is -2.36. The van der Waals surface area contributed by atoms with E-state index in [0.717, 1.165) is 11.4 Å². The molecule has 0 aliphatic rings. The maximum Gasteiger partial charge on any atom is 0.165 e. The summed E-state index contributed by atoms with van der Waals surface area (Å²) < 4.78 is 0. The minimum Gasteiger partial charge on any atom is -0.294 e. The van der Waals surface area contributed by atoms with E-state index in [9.17, 15) is 9.59 Å². The van der Waals surface area contributed by atoms with Crippen LogP contribution in [0.3, 0.4) is 0 Å². The zero-order valence-corrected chi connectivity index (χ0v) is 18.6. The molecular formula is C24H34N2O2. The van der Waals surface area contributed by atoms with Gasteiger partial charge in [0.25, 0.3) is 0 Å². The van der Waals surface area contributed by atoms with Gasteiger partial charge in [0.15, 0.2) is 11.6 Å². The minimum absolute atomic E-state index is 0.0617. The predicted molar refractivity (Wildman–Crippen MR) is 115 cm³/mol. The first-order valence-corrected chi connectivity index (χ1v) is 9.89. The van der Waals surface area contributed by atoms with Crippen molar-refractivity contribution in [1.82, 2.24) is 9.97 Å². The summed E-state index contributed by atoms with van der Waals surface area (Å²) in [5, 5.41) is 0. The number of nitrogens with zero attached hydrogens (tertiary/aromatic N) is 2. The van der Waals surface area contributed by atoms with E-state index in [4.69, 9.17) is 0 Å². The van der Waals surface area contributed by atoms with E-state index in [-0.39, 0.29) is 22.4 Å². The Morgan fingerprint density at radius 3 is 1.50 bits per heavy atom. The number of hydrogen-bond donors (Lipinski definition) is 0. The molecule has 1 aromatic heterocycles. The standard InChI is InChI=1S/C13H18O.C11H16N2O/c1-5-12(14)10-6-8-11(9-7-10)13(2,3)4;1-5-9(14)8-6-12-10(13-7-8)11(2,3)4/h6-9H,5H2,1-4H3;6-7H,5H2,1-4H3. The van der Waals surface area contributed by atoms with Crippen LogP contribution >= 0.6 is 0 Å². The lowest BCUT2D eigenvalue weighted by Gasteiger charge is -2.18. The first kappa shape index (κ1) is 23.7. The largest absolute Gasteiger partial charge is 0.294 e. The highest BCUT2D eigenvalue weighted by Crippen LogP contribution is 2.22. The van der Waals surface area contributed by atoms with Gasteiger partial charge in [0, 0.05) is 36.2 Å². The number of aromatic nitrogens is 2. The molecule has 0 amide bonds. The van der Waals surface area contributed by atoms with Gasteiger partial charge in [0.1, 0.15) is 5.82 Å². The lowest BCUT2D eigenvalue weighted by Crippen LogP contribution is -2.16. The molecule has 0 unspecified atom stereocenters. The van der Waals surface area contributed by atoms with Crippen molar-refractivity contribution in [2.45, 2.75) is 79.1 Å². The summed E-state index contributed by atoms with van der Waals surface area (Å²) in [5.74, 6) is 1.07. The molecule has 0 atom stereocenters. The zero-order chi connectivity index (χ0) is 21.5. The SMILES string of the molecule is CCC(=O)c1ccc(C(C)(C)C)cc1.CCC(=O)c1cnc(C(C)(C)C)nc1. The quantitative estimate of drug-likeness (QED) is 0.614. The third-order valence-corrected chi connectivity index (χ3v) is 4.36. The molecule has 1 aromatic carbocycles. The van der Waals surface area contributed by atoms with Gasteiger partial charge in [0.2, 0.25) is 0 Å². The number of carbonyl (C=O) groups is 2. The first-order chi connectivity index (χ1) is 12.9. The molecule has 0 N–H and O–H groups in total. The summed E-state index contributed by atoms with van der Waals surface area (Å²) in [6.07, 6.45) is 4.30. The molecule has 0 bridgehead atoms. The maximum absolute atomic E-state index is 11.4. The number of benzene rings is 1. The van der Waals surface area contributed by atoms with E-state index in [0.29, 0.717) is 18.4 Å². The number of hydrogen-bond acceptors (Lipinski definition) is 4. The van der Waals surface area contributed by atoms with Crippen LogP contribution in [0.1, 0.15) is 100 Å². The molecule has 4 nitrogen and oxygen atoms in total. The number of rotatable bonds is 4. The monoisotopic (exact) mass is 382 g/mol. The van der Waals surface area contributed by atoms with E-state index in [2.05, 4.69) is 30.7 Å². The highest BCUT2D eigenvalue weighted by atomic mass is 16.1. The third kappa shape index (κ3) is 6.99. The number of ketones is 2. The van der Waals surface area contributed by atoms with Crippen molar-refractivity contribution < 1.29 is 9.59 Å². The minimum atomic E-state index is -0.0617. The fraction of sp³-hybridized carbons (Fsp3) is 0.500. The van der Waals surface area contributed by atoms with Gasteiger partial charge in [-0.3, -0.25) is 9.59 Å². The average Bonchev–Trinajstić information content (AvgIpc) is 2.66. The first-order valence-electron chi connectivity index (χ1n) is 9.89. The van der Waals surface area contributed by atoms with Gasteiger partial charge in [0.05, 0.1) is 5.56 Å². The number of carbonyl (C=O) groups excluding carboxylic acids is 2. The normalized spacial score (nSPS) is 11.4. The van der Waals surface area contributed by atoms with Crippen LogP contribution in [-0.4, -0.2) is 21.5 Å². The molecule has 4 heteroatoms. The number of Topliss-reactive ketones (excluding diaryl/α,β-unsaturated/α-hetero) is 2. The summed E-state index contributed by atoms with van der Waals surface area (Å²) in [7, 11) is 0. The van der Waals surface area contributed by atoms with Crippen molar-refractivity contribution in [3.8, 4) is 0 Å². The molecule has 28 heavy (non-hydrogen) atoms. The molecule has 0 fully saturated rings. The Morgan fingerprint density at radius 1 is 0.714 bits per heavy atom. The van der Waals surface area contributed by atoms with Gasteiger partial charge < -0.3 is 0 Å². The Bertz CT molecular complexity index is 708. The van der Waals surface area contributed by atoms with E-state index in [1.54, 1.807) is 12.4 Å². The van der Waals surface area contributed by atoms with Crippen molar-refractivity contribution in [3.05, 3.63) is 59.2 Å². The molecule has 2 aromatic rings. The molecule has 0 aliphatic heterocycles. The van der Waals surface area contributed by atoms with E-state index < -0.39 is 0 Å². The molecule has 0 saturated carbocycles. The zero-order valence-electron chi connectivity index (χ0n) is 18.6. The van der Waals surface area contributed by atoms with Crippen molar-refractivity contribution in [2.75, 3.05) is 0 Å². The highest BCUT2D eigenvalue weighted by molar-refractivity contribution is 5.96. The van der Waals surface area contributed by atoms with Crippen molar-refractivity contribution in [2.24, 2.45) is 0 Å². The molecule has 0 radical (unpaired) electrons. The highest BCUT2D eigenvalue weighted by Gasteiger charge is 2.17. The molecular weight excluding hydrogens is 348 g/mol. The summed E-state index contributed by atoms with van der Waals surface area (Å²) >= 11 is 0. The summed E-state index contributed by atoms with van der Waals surface area (Å²) in [5.41, 5.74) is 2.79. The topological polar surface area (TPSA) is 59.9 Å². The van der Waals surface area contributed by atoms with Crippen molar-refractivity contribution in [1.29, 1.82) is 0 Å². The van der Waals surface area contributed by atoms with Crippen LogP contribution in [0, 0.1) is 0 Å². The fourth-order valence-corrected chi connectivity index (χ4v) is 2.42. The van der Waals surface area contributed by atoms with Gasteiger partial charge in [-0.2, -0.15) is 0 Å². The summed E-state index contributed by atoms with van der Waals surface area (Å²) in [4.78, 5) is 31.0. The Labute approximate surface area is 169 Å². The van der Waals surface area contributed by atoms with Crippen LogP contribution in [0.25, 0.3) is 0 Å². The van der Waals surface area contributed by atoms with E-state index in [1.807, 2.05) is 58.9 Å². The lowest BCUT2D eigenvalue weighted by atomic mass is 9.86. The average molecular weight is 383 g/mol. The summed E-state index contributed by atoms with van der Waals surface area (Å²) in [6.45, 7) is 16.4. The second-order valence-electron chi connectivity index (χ2n) is 8.93. The molecule has 0 spiro atoms. The Balaban J connectivity index is 0.000000280. The van der Waals surface area contributed by atoms with Crippen LogP contribution in [0.2, 0.25) is 0 Å². The van der Waals surface area contributed by atoms with Gasteiger partial charge in [-0.05, 0) is 11.0 Å². The van der Waals surface area contributed by atoms with Crippen LogP contribution in [0.5, 0.6) is 0 Å². The molecule has 2 rings (SSSR count). The van der Waals surface area contributed by atoms with Crippen LogP contribution in [-0.2, 0) is 10.8 Å². The van der Waals surface area contributed by atoms with Crippen molar-refractivity contribution >= 4 is 11.6 Å². The van der Waals surface area contributed by atoms with Crippen LogP contribution < -0.4 is 0 Å². The maximum atomic E-state index is 11.4. The van der Waals surface area contributed by atoms with E-state index >= 15 is 0 Å². The summed E-state index contributed by atoms with van der Waals surface area (Å²) in [6, 6.07) is 7.94. The van der Waals surface area contributed by atoms with Gasteiger partial charge in [-0.1, -0.05) is 79.7 Å². The van der Waals surface area contributed by atoms with Gasteiger partial charge in [-0.25, -0.2) is 9.97 Å². The molecule has 152 valence electrons. The van der Waals surface area contributed by atoms with Crippen LogP contribution in [0.4, 0.5) is 0 Å². The fourth-order valence-electron chi connectivity index (χ4n) is 2.42. The Kier molecular flexibility index (Phi) is 8.22. The van der Waals surface area contributed by atoms with E-state index in [1.165, 1.54) is 5.56 Å². The lowest BCUT2D eigenvalue weighted by molar-refractivity contribution is 0.0979. The van der Waals surface area contributed by atoms with Crippen LogP contribution in [0.15, 0.2) is 36.7 Å². The smallest absolute Gasteiger partial charge is 0.165 e. The second kappa shape index (κ2) is 9.72. The Morgan fingerprint density at radius 2 is 1.14 bits per heavy atom. The molecule has 1 heterocycles. The predicted octanol–water partition coefficient (Wildman–Crippen LogP) is 5.94. The third-order valence-electron chi connectivity index (χ3n) is 4.36.